The van der Waals surface area contributed by atoms with Crippen LogP contribution in [0.4, 0.5) is 5.69 Å². The summed E-state index contributed by atoms with van der Waals surface area (Å²) in [6, 6.07) is 5.08. The van der Waals surface area contributed by atoms with Crippen molar-refractivity contribution < 1.29 is 9.53 Å². The van der Waals surface area contributed by atoms with Crippen LogP contribution in [0.15, 0.2) is 18.2 Å². The Morgan fingerprint density at radius 2 is 2.11 bits per heavy atom. The molecule has 0 aromatic heterocycles. The van der Waals surface area contributed by atoms with Gasteiger partial charge >= 0.3 is 0 Å². The topological polar surface area (TPSA) is 67.6 Å². The van der Waals surface area contributed by atoms with E-state index in [-0.39, 0.29) is 5.91 Å². The summed E-state index contributed by atoms with van der Waals surface area (Å²) in [6.07, 6.45) is 2.01. The number of amides is 1. The summed E-state index contributed by atoms with van der Waals surface area (Å²) in [7, 11) is 5.64. The second-order valence-corrected chi connectivity index (χ2v) is 4.72. The Morgan fingerprint density at radius 3 is 2.74 bits per heavy atom. The first-order chi connectivity index (χ1) is 9.04. The van der Waals surface area contributed by atoms with Crippen molar-refractivity contribution in [2.24, 2.45) is 0 Å². The number of nitrogens with zero attached hydrogens (tertiary/aromatic N) is 1. The smallest absolute Gasteiger partial charge is 0.253 e. The molecule has 0 saturated heterocycles. The zero-order valence-electron chi connectivity index (χ0n) is 11.9. The predicted octanol–water partition coefficient (Wildman–Crippen LogP) is 1.35. The number of nitrogens with two attached hydrogens (primary N) is 1. The van der Waals surface area contributed by atoms with Crippen LogP contribution in [-0.4, -0.2) is 45.1 Å². The molecule has 0 saturated carbocycles. The lowest BCUT2D eigenvalue weighted by molar-refractivity contribution is 0.0953. The maximum Gasteiger partial charge on any atom is 0.253 e. The monoisotopic (exact) mass is 265 g/mol. The number of benzene rings is 1. The third-order valence-corrected chi connectivity index (χ3v) is 2.82. The fraction of sp³-hybridized carbons (Fsp3) is 0.500. The van der Waals surface area contributed by atoms with Crippen LogP contribution in [0.2, 0.25) is 0 Å². The second kappa shape index (κ2) is 7.63. The Morgan fingerprint density at radius 1 is 1.37 bits per heavy atom. The Hall–Kier alpha value is -1.75. The van der Waals surface area contributed by atoms with E-state index in [0.29, 0.717) is 23.5 Å². The van der Waals surface area contributed by atoms with E-state index in [1.54, 1.807) is 25.3 Å². The normalized spacial score (nSPS) is 10.5. The van der Waals surface area contributed by atoms with Crippen LogP contribution in [0.3, 0.4) is 0 Å². The maximum atomic E-state index is 12.0. The van der Waals surface area contributed by atoms with Gasteiger partial charge < -0.3 is 20.7 Å². The molecule has 0 aliphatic heterocycles. The van der Waals surface area contributed by atoms with Crippen molar-refractivity contribution in [2.75, 3.05) is 40.0 Å². The van der Waals surface area contributed by atoms with Gasteiger partial charge in [-0.05, 0) is 51.7 Å². The number of nitrogen functional groups attached to an aromatic ring is 1. The molecule has 19 heavy (non-hydrogen) atoms. The molecule has 0 fully saturated rings. The summed E-state index contributed by atoms with van der Waals surface area (Å²) in [4.78, 5) is 14.1. The average Bonchev–Trinajstić information content (AvgIpc) is 2.38. The Labute approximate surface area is 114 Å². The highest BCUT2D eigenvalue weighted by atomic mass is 16.5. The number of anilines is 1. The van der Waals surface area contributed by atoms with E-state index in [1.807, 2.05) is 14.1 Å². The lowest BCUT2D eigenvalue weighted by Crippen LogP contribution is -2.26. The molecule has 0 spiro atoms. The first-order valence-corrected chi connectivity index (χ1v) is 6.41. The van der Waals surface area contributed by atoms with Gasteiger partial charge in [-0.1, -0.05) is 0 Å². The fourth-order valence-corrected chi connectivity index (χ4v) is 1.71. The van der Waals surface area contributed by atoms with Crippen molar-refractivity contribution in [1.29, 1.82) is 0 Å². The van der Waals surface area contributed by atoms with Gasteiger partial charge in [-0.2, -0.15) is 0 Å². The maximum absolute atomic E-state index is 12.0. The summed E-state index contributed by atoms with van der Waals surface area (Å²) in [5.74, 6) is 0.480. The molecule has 106 valence electrons. The van der Waals surface area contributed by atoms with Crippen LogP contribution in [0, 0.1) is 0 Å². The second-order valence-electron chi connectivity index (χ2n) is 4.72. The summed E-state index contributed by atoms with van der Waals surface area (Å²) >= 11 is 0. The molecule has 3 N–H and O–H groups in total. The number of rotatable bonds is 7. The minimum atomic E-state index is -0.152. The van der Waals surface area contributed by atoms with Gasteiger partial charge in [0.05, 0.1) is 12.7 Å². The number of methoxy groups -OCH3 is 1. The lowest BCUT2D eigenvalue weighted by Gasteiger charge is -2.11. The molecule has 1 amide bonds. The number of carbonyl (C=O) groups excluding carboxylic acids is 1. The molecule has 0 radical (unpaired) electrons. The Kier molecular flexibility index (Phi) is 6.15. The van der Waals surface area contributed by atoms with E-state index in [2.05, 4.69) is 10.2 Å². The van der Waals surface area contributed by atoms with Crippen molar-refractivity contribution in [2.45, 2.75) is 12.8 Å². The molecule has 0 heterocycles. The minimum Gasteiger partial charge on any atom is -0.497 e. The van der Waals surface area contributed by atoms with Gasteiger partial charge in [-0.3, -0.25) is 4.79 Å². The van der Waals surface area contributed by atoms with Crippen molar-refractivity contribution in [3.05, 3.63) is 23.8 Å². The van der Waals surface area contributed by atoms with E-state index in [0.717, 1.165) is 19.4 Å². The third-order valence-electron chi connectivity index (χ3n) is 2.82. The molecule has 1 rings (SSSR count). The molecule has 5 heteroatoms. The summed E-state index contributed by atoms with van der Waals surface area (Å²) in [5, 5.41) is 2.87. The van der Waals surface area contributed by atoms with Gasteiger partial charge in [0.1, 0.15) is 5.75 Å². The van der Waals surface area contributed by atoms with E-state index in [1.165, 1.54) is 0 Å². The first-order valence-electron chi connectivity index (χ1n) is 6.41. The molecule has 0 aliphatic rings. The Balaban J connectivity index is 2.45. The van der Waals surface area contributed by atoms with Crippen LogP contribution < -0.4 is 15.8 Å². The van der Waals surface area contributed by atoms with Crippen LogP contribution in [0.5, 0.6) is 5.75 Å². The van der Waals surface area contributed by atoms with Gasteiger partial charge in [0.15, 0.2) is 0 Å². The van der Waals surface area contributed by atoms with Gasteiger partial charge in [0.2, 0.25) is 0 Å². The molecular weight excluding hydrogens is 242 g/mol. The lowest BCUT2D eigenvalue weighted by atomic mass is 10.1. The minimum absolute atomic E-state index is 0.152. The van der Waals surface area contributed by atoms with Crippen LogP contribution in [0.25, 0.3) is 0 Å². The Bertz CT molecular complexity index is 419. The van der Waals surface area contributed by atoms with Crippen molar-refractivity contribution in [3.63, 3.8) is 0 Å². The zero-order chi connectivity index (χ0) is 14.3. The van der Waals surface area contributed by atoms with Gasteiger partial charge in [-0.25, -0.2) is 0 Å². The number of nitrogens with one attached hydrogen (secondary N) is 1. The highest BCUT2D eigenvalue weighted by Gasteiger charge is 2.10. The number of hydrogen-bond acceptors (Lipinski definition) is 4. The van der Waals surface area contributed by atoms with E-state index >= 15 is 0 Å². The average molecular weight is 265 g/mol. The van der Waals surface area contributed by atoms with Crippen LogP contribution >= 0.6 is 0 Å². The first kappa shape index (κ1) is 15.3. The number of carbonyl (C=O) groups is 1. The largest absolute Gasteiger partial charge is 0.497 e. The highest BCUT2D eigenvalue weighted by molar-refractivity contribution is 5.99. The molecule has 0 atom stereocenters. The standard InChI is InChI=1S/C14H23N3O2/c1-17(2)9-5-4-8-16-14(18)12-10-11(19-3)6-7-13(12)15/h6-7,10H,4-5,8-9,15H2,1-3H3,(H,16,18). The molecule has 0 aliphatic carbocycles. The molecule has 1 aromatic carbocycles. The zero-order valence-corrected chi connectivity index (χ0v) is 11.9. The number of ether oxygens (including phenoxy) is 1. The quantitative estimate of drug-likeness (QED) is 0.577. The summed E-state index contributed by atoms with van der Waals surface area (Å²) < 4.78 is 5.09. The SMILES string of the molecule is COc1ccc(N)c(C(=O)NCCCCN(C)C)c1. The highest BCUT2D eigenvalue weighted by Crippen LogP contribution is 2.19. The third kappa shape index (κ3) is 5.18. The van der Waals surface area contributed by atoms with Crippen molar-refractivity contribution in [3.8, 4) is 5.75 Å². The van der Waals surface area contributed by atoms with E-state index in [4.69, 9.17) is 10.5 Å². The molecule has 5 nitrogen and oxygen atoms in total. The van der Waals surface area contributed by atoms with E-state index < -0.39 is 0 Å². The molecule has 0 unspecified atom stereocenters. The van der Waals surface area contributed by atoms with E-state index in [9.17, 15) is 4.79 Å². The van der Waals surface area contributed by atoms with Crippen LogP contribution in [0.1, 0.15) is 23.2 Å². The van der Waals surface area contributed by atoms with Crippen molar-refractivity contribution in [1.82, 2.24) is 10.2 Å². The van der Waals surface area contributed by atoms with Gasteiger partial charge in [-0.15, -0.1) is 0 Å². The number of unbranched alkanes of at least 4 members (excludes halogenated alkanes) is 1. The van der Waals surface area contributed by atoms with Gasteiger partial charge in [0.25, 0.3) is 5.91 Å². The van der Waals surface area contributed by atoms with Gasteiger partial charge in [0, 0.05) is 12.2 Å². The number of hydrogen-bond donors (Lipinski definition) is 2. The summed E-state index contributed by atoms with van der Waals surface area (Å²) in [6.45, 7) is 1.68. The van der Waals surface area contributed by atoms with Crippen LogP contribution in [-0.2, 0) is 0 Å². The van der Waals surface area contributed by atoms with Crippen molar-refractivity contribution >= 4 is 11.6 Å². The molecule has 0 bridgehead atoms. The molecular formula is C14H23N3O2. The fourth-order valence-electron chi connectivity index (χ4n) is 1.71. The molecule has 1 aromatic rings. The predicted molar refractivity (Wildman–Crippen MR) is 77.5 cm³/mol. The summed E-state index contributed by atoms with van der Waals surface area (Å²) in [5.41, 5.74) is 6.72.